The quantitative estimate of drug-likeness (QED) is 0.302. The predicted molar refractivity (Wildman–Crippen MR) is 166 cm³/mol. The fraction of sp³-hybridized carbons (Fsp3) is 0.588. The average Bonchev–Trinajstić information content (AvgIpc) is 3.49. The summed E-state index contributed by atoms with van der Waals surface area (Å²) >= 11 is 0. The molecule has 3 saturated heterocycles. The summed E-state index contributed by atoms with van der Waals surface area (Å²) in [5, 5.41) is 15.3. The highest BCUT2D eigenvalue weighted by Crippen LogP contribution is 2.42. The molecule has 3 fully saturated rings. The van der Waals surface area contributed by atoms with E-state index in [1.54, 1.807) is 0 Å². The van der Waals surface area contributed by atoms with Crippen molar-refractivity contribution < 1.29 is 33.6 Å². The van der Waals surface area contributed by atoms with Gasteiger partial charge >= 0.3 is 0 Å². The Morgan fingerprint density at radius 2 is 1.61 bits per heavy atom. The van der Waals surface area contributed by atoms with E-state index < -0.39 is 12.1 Å². The summed E-state index contributed by atoms with van der Waals surface area (Å²) in [5.41, 5.74) is 3.54. The second-order valence-electron chi connectivity index (χ2n) is 12.2. The van der Waals surface area contributed by atoms with Crippen LogP contribution in [0.2, 0.25) is 0 Å². The maximum Gasteiger partial charge on any atom is 0.224 e. The van der Waals surface area contributed by atoms with Gasteiger partial charge in [0.2, 0.25) is 11.8 Å². The number of nitrogens with one attached hydrogen (secondary N) is 2. The molecule has 2 amide bonds. The summed E-state index contributed by atoms with van der Waals surface area (Å²) in [6, 6.07) is 15.6. The molecular formula is C34H47N3O7. The van der Waals surface area contributed by atoms with Gasteiger partial charge in [0.1, 0.15) is 0 Å². The van der Waals surface area contributed by atoms with Crippen molar-refractivity contribution in [2.75, 3.05) is 44.7 Å². The molecule has 3 aliphatic rings. The van der Waals surface area contributed by atoms with Crippen molar-refractivity contribution in [2.45, 2.75) is 83.3 Å². The monoisotopic (exact) mass is 609 g/mol. The number of aliphatic hydroxyl groups is 1. The van der Waals surface area contributed by atoms with Gasteiger partial charge in [0.15, 0.2) is 12.1 Å². The summed E-state index contributed by atoms with van der Waals surface area (Å²) in [7, 11) is 0. The Balaban J connectivity index is 1.21. The fourth-order valence-corrected chi connectivity index (χ4v) is 6.24. The van der Waals surface area contributed by atoms with Gasteiger partial charge in [-0.3, -0.25) is 9.59 Å². The van der Waals surface area contributed by atoms with Gasteiger partial charge in [0.25, 0.3) is 0 Å². The van der Waals surface area contributed by atoms with Crippen LogP contribution in [0.25, 0.3) is 0 Å². The second kappa shape index (κ2) is 15.4. The van der Waals surface area contributed by atoms with Crippen LogP contribution in [0.4, 0.5) is 5.69 Å². The van der Waals surface area contributed by atoms with Crippen molar-refractivity contribution in [1.29, 1.82) is 0 Å². The normalized spacial score (nSPS) is 25.2. The van der Waals surface area contributed by atoms with Gasteiger partial charge in [0.05, 0.1) is 32.0 Å². The Morgan fingerprint density at radius 3 is 2.27 bits per heavy atom. The first-order valence-corrected chi connectivity index (χ1v) is 16.0. The van der Waals surface area contributed by atoms with Crippen LogP contribution < -0.4 is 10.6 Å². The second-order valence-corrected chi connectivity index (χ2v) is 12.2. The molecule has 44 heavy (non-hydrogen) atoms. The fourth-order valence-electron chi connectivity index (χ4n) is 6.24. The highest BCUT2D eigenvalue weighted by molar-refractivity contribution is 5.90. The summed E-state index contributed by atoms with van der Waals surface area (Å²) < 4.78 is 25.1. The standard InChI is InChI=1S/C34H47N3O7/c1-24-30(22-37-18-15-34(16-19-37)41-20-21-42-34)43-33(44-32(24)27-9-7-26(23-38)8-10-27)28-11-13-29(14-12-28)36-31(40)6-4-3-5-17-35-25(2)39/h7-14,24,30,32-33,38H,3-6,15-23H2,1-2H3,(H,35,39)(H,36,40)/t24-,30+,32+,33+/m0/s1. The molecule has 240 valence electrons. The van der Waals surface area contributed by atoms with E-state index in [-0.39, 0.29) is 36.5 Å². The van der Waals surface area contributed by atoms with E-state index >= 15 is 0 Å². The number of hydrogen-bond donors (Lipinski definition) is 3. The molecule has 1 spiro atoms. The maximum atomic E-state index is 12.5. The molecule has 0 aromatic heterocycles. The van der Waals surface area contributed by atoms with Gasteiger partial charge in [-0.05, 0) is 36.1 Å². The van der Waals surface area contributed by atoms with Crippen LogP contribution in [0.1, 0.15) is 81.5 Å². The zero-order valence-corrected chi connectivity index (χ0v) is 26.0. The first-order valence-electron chi connectivity index (χ1n) is 16.0. The maximum absolute atomic E-state index is 12.5. The SMILES string of the molecule is CC(=O)NCCCCCC(=O)Nc1ccc([C@@H]2O[C@H](CN3CCC4(CC3)OCCO4)[C@H](C)[C@H](c3ccc(CO)cc3)O2)cc1. The van der Waals surface area contributed by atoms with Crippen LogP contribution >= 0.6 is 0 Å². The van der Waals surface area contributed by atoms with E-state index in [9.17, 15) is 14.7 Å². The number of unbranched alkanes of at least 4 members (excludes halogenated alkanes) is 2. The number of rotatable bonds is 12. The molecular weight excluding hydrogens is 562 g/mol. The number of carbonyl (C=O) groups is 2. The molecule has 0 bridgehead atoms. The molecule has 2 aromatic rings. The number of anilines is 1. The van der Waals surface area contributed by atoms with Gasteiger partial charge in [-0.15, -0.1) is 0 Å². The highest BCUT2D eigenvalue weighted by Gasteiger charge is 2.43. The van der Waals surface area contributed by atoms with Crippen molar-refractivity contribution in [1.82, 2.24) is 10.2 Å². The molecule has 0 aliphatic carbocycles. The number of amides is 2. The van der Waals surface area contributed by atoms with E-state index in [0.717, 1.165) is 74.1 Å². The molecule has 0 saturated carbocycles. The van der Waals surface area contributed by atoms with Crippen LogP contribution in [0.5, 0.6) is 0 Å². The first kappa shape index (κ1) is 32.5. The average molecular weight is 610 g/mol. The molecule has 4 atom stereocenters. The van der Waals surface area contributed by atoms with Gasteiger partial charge < -0.3 is 39.6 Å². The number of carbonyl (C=O) groups excluding carboxylic acids is 2. The van der Waals surface area contributed by atoms with Crippen molar-refractivity contribution in [3.63, 3.8) is 0 Å². The lowest BCUT2D eigenvalue weighted by Crippen LogP contribution is -2.50. The van der Waals surface area contributed by atoms with Gasteiger partial charge in [-0.2, -0.15) is 0 Å². The van der Waals surface area contributed by atoms with Crippen LogP contribution in [0, 0.1) is 5.92 Å². The molecule has 10 heteroatoms. The van der Waals surface area contributed by atoms with Crippen LogP contribution in [0.15, 0.2) is 48.5 Å². The minimum Gasteiger partial charge on any atom is -0.392 e. The van der Waals surface area contributed by atoms with E-state index in [1.165, 1.54) is 6.92 Å². The Morgan fingerprint density at radius 1 is 0.932 bits per heavy atom. The Bertz CT molecular complexity index is 1210. The first-order chi connectivity index (χ1) is 21.3. The lowest BCUT2D eigenvalue weighted by molar-refractivity contribution is -0.278. The van der Waals surface area contributed by atoms with Gasteiger partial charge in [-0.1, -0.05) is 49.7 Å². The van der Waals surface area contributed by atoms with Crippen molar-refractivity contribution >= 4 is 17.5 Å². The zero-order chi connectivity index (χ0) is 30.9. The lowest BCUT2D eigenvalue weighted by Gasteiger charge is -2.44. The third kappa shape index (κ3) is 8.65. The molecule has 0 unspecified atom stereocenters. The summed E-state index contributed by atoms with van der Waals surface area (Å²) in [5.74, 6) is -0.377. The molecule has 10 nitrogen and oxygen atoms in total. The third-order valence-corrected chi connectivity index (χ3v) is 8.91. The smallest absolute Gasteiger partial charge is 0.224 e. The number of ether oxygens (including phenoxy) is 4. The number of hydrogen-bond acceptors (Lipinski definition) is 8. The van der Waals surface area contributed by atoms with E-state index in [0.29, 0.717) is 26.2 Å². The largest absolute Gasteiger partial charge is 0.392 e. The number of aliphatic hydroxyl groups excluding tert-OH is 1. The summed E-state index contributed by atoms with van der Waals surface area (Å²) in [6.07, 6.45) is 3.82. The third-order valence-electron chi connectivity index (χ3n) is 8.91. The number of nitrogens with zero attached hydrogens (tertiary/aromatic N) is 1. The van der Waals surface area contributed by atoms with Gasteiger partial charge in [0, 0.05) is 69.5 Å². The molecule has 5 rings (SSSR count). The Labute approximate surface area is 260 Å². The number of piperidine rings is 1. The molecule has 3 aliphatic heterocycles. The predicted octanol–water partition coefficient (Wildman–Crippen LogP) is 4.44. The van der Waals surface area contributed by atoms with Crippen molar-refractivity contribution in [3.05, 3.63) is 65.2 Å². The topological polar surface area (TPSA) is 119 Å². The van der Waals surface area contributed by atoms with Gasteiger partial charge in [-0.25, -0.2) is 0 Å². The van der Waals surface area contributed by atoms with Crippen LogP contribution in [-0.2, 0) is 35.1 Å². The minimum absolute atomic E-state index is 0.00108. The summed E-state index contributed by atoms with van der Waals surface area (Å²) in [6.45, 7) is 8.22. The molecule has 0 radical (unpaired) electrons. The molecule has 3 N–H and O–H groups in total. The van der Waals surface area contributed by atoms with Crippen molar-refractivity contribution in [2.24, 2.45) is 5.92 Å². The minimum atomic E-state index is -0.565. The van der Waals surface area contributed by atoms with Crippen LogP contribution in [-0.4, -0.2) is 73.1 Å². The van der Waals surface area contributed by atoms with Crippen molar-refractivity contribution in [3.8, 4) is 0 Å². The highest BCUT2D eigenvalue weighted by atomic mass is 16.7. The number of benzene rings is 2. The molecule has 3 heterocycles. The lowest BCUT2D eigenvalue weighted by atomic mass is 9.89. The Kier molecular flexibility index (Phi) is 11.4. The Hall–Kier alpha value is -2.86. The number of likely N-dealkylation sites (tertiary alicyclic amines) is 1. The van der Waals surface area contributed by atoms with E-state index in [1.807, 2.05) is 48.5 Å². The van der Waals surface area contributed by atoms with E-state index in [4.69, 9.17) is 18.9 Å². The molecule has 2 aromatic carbocycles. The van der Waals surface area contributed by atoms with E-state index in [2.05, 4.69) is 22.5 Å². The zero-order valence-electron chi connectivity index (χ0n) is 26.0. The summed E-state index contributed by atoms with van der Waals surface area (Å²) in [4.78, 5) is 25.9. The van der Waals surface area contributed by atoms with Crippen LogP contribution in [0.3, 0.4) is 0 Å².